The minimum Gasteiger partial charge on any atom is -0.495 e. The summed E-state index contributed by atoms with van der Waals surface area (Å²) in [6, 6.07) is 0. The molecule has 14 heavy (non-hydrogen) atoms. The third-order valence-corrected chi connectivity index (χ3v) is 3.74. The van der Waals surface area contributed by atoms with Crippen molar-refractivity contribution in [2.24, 2.45) is 11.3 Å². The van der Waals surface area contributed by atoms with E-state index in [9.17, 15) is 5.11 Å². The van der Waals surface area contributed by atoms with Crippen LogP contribution in [0.2, 0.25) is 0 Å². The van der Waals surface area contributed by atoms with Crippen molar-refractivity contribution in [3.63, 3.8) is 0 Å². The number of rotatable bonds is 2. The van der Waals surface area contributed by atoms with Gasteiger partial charge in [0.25, 0.3) is 0 Å². The molecule has 2 nitrogen and oxygen atoms in total. The van der Waals surface area contributed by atoms with E-state index < -0.39 is 0 Å². The maximum atomic E-state index is 10.2. The molecule has 0 aromatic heterocycles. The fourth-order valence-electron chi connectivity index (χ4n) is 2.78. The molecule has 0 amide bonds. The Hall–Kier alpha value is -0.500. The van der Waals surface area contributed by atoms with Crippen molar-refractivity contribution in [2.75, 3.05) is 6.61 Å². The van der Waals surface area contributed by atoms with Gasteiger partial charge in [-0.2, -0.15) is 0 Å². The first-order valence-corrected chi connectivity index (χ1v) is 5.62. The smallest absolute Gasteiger partial charge is 0.121 e. The first-order valence-electron chi connectivity index (χ1n) is 5.62. The number of hydrogen-bond acceptors (Lipinski definition) is 2. The summed E-state index contributed by atoms with van der Waals surface area (Å²) in [5, 5.41) is 10.2. The largest absolute Gasteiger partial charge is 0.495 e. The van der Waals surface area contributed by atoms with Crippen LogP contribution in [0.5, 0.6) is 0 Å². The van der Waals surface area contributed by atoms with Crippen LogP contribution in [0.3, 0.4) is 0 Å². The summed E-state index contributed by atoms with van der Waals surface area (Å²) in [6.07, 6.45) is 6.23. The standard InChI is InChI=1S/C12H20O2/c1-12(2)7-3-5-9(12)11(13)10-6-4-8-14-10/h6,9,11,13H,3-5,7-8H2,1-2H3. The van der Waals surface area contributed by atoms with Crippen LogP contribution < -0.4 is 0 Å². The normalized spacial score (nSPS) is 32.5. The van der Waals surface area contributed by atoms with E-state index in [2.05, 4.69) is 13.8 Å². The molecule has 0 bridgehead atoms. The van der Waals surface area contributed by atoms with Gasteiger partial charge in [-0.05, 0) is 30.3 Å². The van der Waals surface area contributed by atoms with Crippen molar-refractivity contribution in [2.45, 2.75) is 45.6 Å². The molecule has 1 aliphatic heterocycles. The van der Waals surface area contributed by atoms with Gasteiger partial charge in [-0.15, -0.1) is 0 Å². The molecule has 0 aromatic carbocycles. The SMILES string of the molecule is CC1(C)CCCC1C(O)C1=CCCO1. The Morgan fingerprint density at radius 3 is 2.86 bits per heavy atom. The molecule has 1 saturated carbocycles. The molecule has 0 spiro atoms. The van der Waals surface area contributed by atoms with Gasteiger partial charge >= 0.3 is 0 Å². The second-order valence-electron chi connectivity index (χ2n) is 5.18. The van der Waals surface area contributed by atoms with Gasteiger partial charge in [0.15, 0.2) is 0 Å². The number of hydrogen-bond donors (Lipinski definition) is 1. The zero-order valence-corrected chi connectivity index (χ0v) is 9.12. The monoisotopic (exact) mass is 196 g/mol. The van der Waals surface area contributed by atoms with Gasteiger partial charge in [-0.25, -0.2) is 0 Å². The zero-order valence-electron chi connectivity index (χ0n) is 9.12. The van der Waals surface area contributed by atoms with E-state index in [-0.39, 0.29) is 11.5 Å². The zero-order chi connectivity index (χ0) is 10.2. The molecule has 80 valence electrons. The van der Waals surface area contributed by atoms with Crippen LogP contribution in [0.15, 0.2) is 11.8 Å². The minimum absolute atomic E-state index is 0.270. The highest BCUT2D eigenvalue weighted by Gasteiger charge is 2.41. The average molecular weight is 196 g/mol. The van der Waals surface area contributed by atoms with E-state index in [0.717, 1.165) is 25.2 Å². The second kappa shape index (κ2) is 3.58. The summed E-state index contributed by atoms with van der Waals surface area (Å²) in [4.78, 5) is 0. The van der Waals surface area contributed by atoms with Gasteiger partial charge in [0.2, 0.25) is 0 Å². The number of ether oxygens (including phenoxy) is 1. The molecule has 2 rings (SSSR count). The van der Waals surface area contributed by atoms with Gasteiger partial charge in [0, 0.05) is 6.42 Å². The fraction of sp³-hybridized carbons (Fsp3) is 0.833. The van der Waals surface area contributed by atoms with Gasteiger partial charge in [0.05, 0.1) is 6.61 Å². The third kappa shape index (κ3) is 1.68. The van der Waals surface area contributed by atoms with E-state index >= 15 is 0 Å². The van der Waals surface area contributed by atoms with Crippen LogP contribution in [0.25, 0.3) is 0 Å². The first-order chi connectivity index (χ1) is 6.61. The van der Waals surface area contributed by atoms with E-state index in [0.29, 0.717) is 5.92 Å². The molecule has 2 unspecified atom stereocenters. The Labute approximate surface area is 86.0 Å². The van der Waals surface area contributed by atoms with Crippen molar-refractivity contribution in [1.82, 2.24) is 0 Å². The summed E-state index contributed by atoms with van der Waals surface area (Å²) in [5.41, 5.74) is 0.270. The summed E-state index contributed by atoms with van der Waals surface area (Å²) in [7, 11) is 0. The minimum atomic E-state index is -0.366. The molecule has 1 fully saturated rings. The highest BCUT2D eigenvalue weighted by molar-refractivity contribution is 5.08. The highest BCUT2D eigenvalue weighted by Crippen LogP contribution is 2.46. The lowest BCUT2D eigenvalue weighted by Crippen LogP contribution is -2.31. The second-order valence-corrected chi connectivity index (χ2v) is 5.18. The van der Waals surface area contributed by atoms with Gasteiger partial charge in [-0.1, -0.05) is 20.3 Å². The highest BCUT2D eigenvalue weighted by atomic mass is 16.5. The molecule has 0 aromatic rings. The van der Waals surface area contributed by atoms with Crippen LogP contribution in [-0.2, 0) is 4.74 Å². The summed E-state index contributed by atoms with van der Waals surface area (Å²) >= 11 is 0. The third-order valence-electron chi connectivity index (χ3n) is 3.74. The molecular weight excluding hydrogens is 176 g/mol. The van der Waals surface area contributed by atoms with Crippen LogP contribution in [0.1, 0.15) is 39.5 Å². The lowest BCUT2D eigenvalue weighted by atomic mass is 9.78. The maximum absolute atomic E-state index is 10.2. The molecule has 1 aliphatic carbocycles. The predicted molar refractivity (Wildman–Crippen MR) is 55.8 cm³/mol. The number of aliphatic hydroxyl groups excluding tert-OH is 1. The average Bonchev–Trinajstić information content (AvgIpc) is 2.71. The lowest BCUT2D eigenvalue weighted by Gasteiger charge is -2.31. The molecule has 1 N–H and O–H groups in total. The predicted octanol–water partition coefficient (Wildman–Crippen LogP) is 2.48. The summed E-state index contributed by atoms with van der Waals surface area (Å²) in [5.74, 6) is 1.21. The van der Waals surface area contributed by atoms with Crippen molar-refractivity contribution in [3.8, 4) is 0 Å². The quantitative estimate of drug-likeness (QED) is 0.735. The summed E-state index contributed by atoms with van der Waals surface area (Å²) in [6.45, 7) is 5.26. The molecule has 2 aliphatic rings. The van der Waals surface area contributed by atoms with Crippen molar-refractivity contribution < 1.29 is 9.84 Å². The van der Waals surface area contributed by atoms with E-state index in [1.165, 1.54) is 12.8 Å². The first kappa shape index (κ1) is 10.0. The van der Waals surface area contributed by atoms with Crippen molar-refractivity contribution in [1.29, 1.82) is 0 Å². The van der Waals surface area contributed by atoms with E-state index in [1.54, 1.807) is 0 Å². The Balaban J connectivity index is 2.07. The van der Waals surface area contributed by atoms with Crippen molar-refractivity contribution in [3.05, 3.63) is 11.8 Å². The van der Waals surface area contributed by atoms with E-state index in [4.69, 9.17) is 4.74 Å². The fourth-order valence-corrected chi connectivity index (χ4v) is 2.78. The lowest BCUT2D eigenvalue weighted by molar-refractivity contribution is 0.0357. The van der Waals surface area contributed by atoms with Crippen LogP contribution in [0, 0.1) is 11.3 Å². The topological polar surface area (TPSA) is 29.5 Å². The molecule has 0 radical (unpaired) electrons. The Kier molecular flexibility index (Phi) is 2.56. The Morgan fingerprint density at radius 2 is 2.36 bits per heavy atom. The van der Waals surface area contributed by atoms with Crippen LogP contribution in [-0.4, -0.2) is 17.8 Å². The maximum Gasteiger partial charge on any atom is 0.121 e. The Morgan fingerprint density at radius 1 is 1.57 bits per heavy atom. The van der Waals surface area contributed by atoms with E-state index in [1.807, 2.05) is 6.08 Å². The van der Waals surface area contributed by atoms with Crippen LogP contribution in [0.4, 0.5) is 0 Å². The molecule has 0 saturated heterocycles. The van der Waals surface area contributed by atoms with Gasteiger partial charge < -0.3 is 9.84 Å². The van der Waals surface area contributed by atoms with Crippen LogP contribution >= 0.6 is 0 Å². The van der Waals surface area contributed by atoms with Gasteiger partial charge in [-0.3, -0.25) is 0 Å². The Bertz CT molecular complexity index is 243. The van der Waals surface area contributed by atoms with Crippen molar-refractivity contribution >= 4 is 0 Å². The molecule has 1 heterocycles. The summed E-state index contributed by atoms with van der Waals surface area (Å²) < 4.78 is 5.43. The van der Waals surface area contributed by atoms with Gasteiger partial charge in [0.1, 0.15) is 11.9 Å². The molecule has 2 atom stereocenters. The molecular formula is C12H20O2. The number of aliphatic hydroxyl groups is 1. The molecule has 2 heteroatoms.